The Hall–Kier alpha value is -3.27. The molecule has 6 nitrogen and oxygen atoms in total. The van der Waals surface area contributed by atoms with Gasteiger partial charge in [-0.05, 0) is 41.4 Å². The van der Waals surface area contributed by atoms with Crippen molar-refractivity contribution in [2.24, 2.45) is 5.92 Å². The largest absolute Gasteiger partial charge is 0.416 e. The lowest BCUT2D eigenvalue weighted by Gasteiger charge is -2.11. The zero-order chi connectivity index (χ0) is 22.6. The Morgan fingerprint density at radius 3 is 2.39 bits per heavy atom. The van der Waals surface area contributed by atoms with E-state index in [1.807, 2.05) is 0 Å². The first-order valence-electron chi connectivity index (χ1n) is 9.33. The average molecular weight is 448 g/mol. The van der Waals surface area contributed by atoms with Gasteiger partial charge in [0.2, 0.25) is 5.91 Å². The van der Waals surface area contributed by atoms with Crippen molar-refractivity contribution in [3.05, 3.63) is 64.7 Å². The molecule has 2 aromatic heterocycles. The Morgan fingerprint density at radius 2 is 1.81 bits per heavy atom. The molecule has 1 aromatic carbocycles. The van der Waals surface area contributed by atoms with Crippen molar-refractivity contribution in [2.45, 2.75) is 26.6 Å². The van der Waals surface area contributed by atoms with E-state index in [9.17, 15) is 22.8 Å². The average Bonchev–Trinajstić information content (AvgIpc) is 3.15. The third-order valence-corrected chi connectivity index (χ3v) is 5.16. The Kier molecular flexibility index (Phi) is 6.69. The number of hydrogen-bond donors (Lipinski definition) is 2. The second-order valence-corrected chi connectivity index (χ2v) is 7.74. The van der Waals surface area contributed by atoms with E-state index in [1.54, 1.807) is 38.2 Å². The predicted octanol–water partition coefficient (Wildman–Crippen LogP) is 4.75. The van der Waals surface area contributed by atoms with Gasteiger partial charge in [-0.3, -0.25) is 14.6 Å². The smallest absolute Gasteiger partial charge is 0.347 e. The molecule has 0 spiro atoms. The first-order valence-corrected chi connectivity index (χ1v) is 10.1. The molecule has 0 saturated heterocycles. The number of rotatable bonds is 6. The van der Waals surface area contributed by atoms with Gasteiger partial charge in [0.05, 0.1) is 16.9 Å². The summed E-state index contributed by atoms with van der Waals surface area (Å²) in [7, 11) is 0. The molecule has 31 heavy (non-hydrogen) atoms. The van der Waals surface area contributed by atoms with E-state index in [0.29, 0.717) is 17.0 Å². The normalized spacial score (nSPS) is 11.4. The number of anilines is 1. The van der Waals surface area contributed by atoms with Crippen LogP contribution in [-0.4, -0.2) is 21.2 Å². The summed E-state index contributed by atoms with van der Waals surface area (Å²) in [6.45, 7) is 3.46. The van der Waals surface area contributed by atoms with Crippen LogP contribution in [0.5, 0.6) is 0 Å². The van der Waals surface area contributed by atoms with E-state index in [2.05, 4.69) is 20.0 Å². The SMILES string of the molecule is CC(C)C(=O)Nc1c(-c2ccccn2)nsc1C(=O)NCc1ccc(C(F)(F)F)cc1. The second kappa shape index (κ2) is 9.25. The minimum atomic E-state index is -4.42. The number of carbonyl (C=O) groups is 2. The Labute approximate surface area is 180 Å². The summed E-state index contributed by atoms with van der Waals surface area (Å²) < 4.78 is 42.4. The summed E-state index contributed by atoms with van der Waals surface area (Å²) in [6, 6.07) is 9.74. The Morgan fingerprint density at radius 1 is 1.10 bits per heavy atom. The molecular formula is C21H19F3N4O2S. The lowest BCUT2D eigenvalue weighted by atomic mass is 10.1. The molecule has 0 aliphatic heterocycles. The molecule has 162 valence electrons. The molecule has 2 N–H and O–H groups in total. The highest BCUT2D eigenvalue weighted by Gasteiger charge is 2.30. The van der Waals surface area contributed by atoms with Gasteiger partial charge in [-0.15, -0.1) is 0 Å². The van der Waals surface area contributed by atoms with Gasteiger partial charge in [0.25, 0.3) is 5.91 Å². The minimum absolute atomic E-state index is 0.0192. The third kappa shape index (κ3) is 5.46. The maximum absolute atomic E-state index is 12.8. The van der Waals surface area contributed by atoms with E-state index in [0.717, 1.165) is 23.7 Å². The van der Waals surface area contributed by atoms with Gasteiger partial charge in [0.1, 0.15) is 10.6 Å². The number of alkyl halides is 3. The molecule has 0 radical (unpaired) electrons. The molecule has 0 fully saturated rings. The Bertz CT molecular complexity index is 1060. The number of pyridine rings is 1. The fourth-order valence-electron chi connectivity index (χ4n) is 2.58. The van der Waals surface area contributed by atoms with Crippen molar-refractivity contribution in [3.63, 3.8) is 0 Å². The van der Waals surface area contributed by atoms with E-state index >= 15 is 0 Å². The van der Waals surface area contributed by atoms with Crippen LogP contribution in [0.4, 0.5) is 18.9 Å². The monoisotopic (exact) mass is 448 g/mol. The molecule has 0 atom stereocenters. The van der Waals surface area contributed by atoms with Crippen LogP contribution in [0.2, 0.25) is 0 Å². The second-order valence-electron chi connectivity index (χ2n) is 6.97. The zero-order valence-corrected chi connectivity index (χ0v) is 17.5. The molecule has 3 aromatic rings. The van der Waals surface area contributed by atoms with Crippen LogP contribution in [0, 0.1) is 5.92 Å². The topological polar surface area (TPSA) is 84.0 Å². The fraction of sp³-hybridized carbons (Fsp3) is 0.238. The van der Waals surface area contributed by atoms with Crippen LogP contribution >= 0.6 is 11.5 Å². The van der Waals surface area contributed by atoms with E-state index in [1.165, 1.54) is 12.1 Å². The highest BCUT2D eigenvalue weighted by Crippen LogP contribution is 2.33. The van der Waals surface area contributed by atoms with E-state index in [-0.39, 0.29) is 28.9 Å². The molecular weight excluding hydrogens is 429 g/mol. The molecule has 2 amide bonds. The maximum atomic E-state index is 12.8. The summed E-state index contributed by atoms with van der Waals surface area (Å²) in [5, 5.41) is 5.40. The summed E-state index contributed by atoms with van der Waals surface area (Å²) >= 11 is 0.908. The molecule has 0 aliphatic carbocycles. The van der Waals surface area contributed by atoms with Crippen molar-refractivity contribution in [3.8, 4) is 11.4 Å². The van der Waals surface area contributed by atoms with Crippen LogP contribution in [0.15, 0.2) is 48.7 Å². The third-order valence-electron chi connectivity index (χ3n) is 4.31. The number of hydrogen-bond acceptors (Lipinski definition) is 5. The lowest BCUT2D eigenvalue weighted by molar-refractivity contribution is -0.137. The summed E-state index contributed by atoms with van der Waals surface area (Å²) in [6.07, 6.45) is -2.84. The molecule has 0 bridgehead atoms. The van der Waals surface area contributed by atoms with Gasteiger partial charge in [0.15, 0.2) is 0 Å². The van der Waals surface area contributed by atoms with Gasteiger partial charge in [-0.25, -0.2) is 0 Å². The van der Waals surface area contributed by atoms with Crippen LogP contribution in [0.25, 0.3) is 11.4 Å². The number of halogens is 3. The standard InChI is InChI=1S/C21H19F3N4O2S/c1-12(2)19(29)27-17-16(15-5-3-4-10-25-15)28-31-18(17)20(30)26-11-13-6-8-14(9-7-13)21(22,23)24/h3-10,12H,11H2,1-2H3,(H,26,30)(H,27,29). The predicted molar refractivity (Wildman–Crippen MR) is 111 cm³/mol. The first-order chi connectivity index (χ1) is 14.7. The number of nitrogens with zero attached hydrogens (tertiary/aromatic N) is 2. The summed E-state index contributed by atoms with van der Waals surface area (Å²) in [4.78, 5) is 29.5. The van der Waals surface area contributed by atoms with Gasteiger partial charge < -0.3 is 10.6 Å². The van der Waals surface area contributed by atoms with E-state index in [4.69, 9.17) is 0 Å². The highest BCUT2D eigenvalue weighted by atomic mass is 32.1. The van der Waals surface area contributed by atoms with Gasteiger partial charge in [-0.1, -0.05) is 32.0 Å². The molecule has 10 heteroatoms. The molecule has 2 heterocycles. The Balaban J connectivity index is 1.81. The number of amides is 2. The van der Waals surface area contributed by atoms with Crippen molar-refractivity contribution in [1.29, 1.82) is 0 Å². The first kappa shape index (κ1) is 22.4. The minimum Gasteiger partial charge on any atom is -0.347 e. The molecule has 0 saturated carbocycles. The highest BCUT2D eigenvalue weighted by molar-refractivity contribution is 7.09. The number of carbonyl (C=O) groups excluding carboxylic acids is 2. The molecule has 3 rings (SSSR count). The summed E-state index contributed by atoms with van der Waals surface area (Å²) in [5.74, 6) is -1.10. The number of aromatic nitrogens is 2. The zero-order valence-electron chi connectivity index (χ0n) is 16.7. The number of nitrogens with one attached hydrogen (secondary N) is 2. The van der Waals surface area contributed by atoms with Crippen molar-refractivity contribution < 1.29 is 22.8 Å². The lowest BCUT2D eigenvalue weighted by Crippen LogP contribution is -2.25. The number of benzene rings is 1. The summed E-state index contributed by atoms with van der Waals surface area (Å²) in [5.41, 5.74) is 0.874. The van der Waals surface area contributed by atoms with Crippen LogP contribution in [0.3, 0.4) is 0 Å². The molecule has 0 unspecified atom stereocenters. The van der Waals surface area contributed by atoms with Gasteiger partial charge >= 0.3 is 6.18 Å². The van der Waals surface area contributed by atoms with Crippen molar-refractivity contribution in [2.75, 3.05) is 5.32 Å². The van der Waals surface area contributed by atoms with Gasteiger partial charge in [0, 0.05) is 18.7 Å². The van der Waals surface area contributed by atoms with Crippen LogP contribution in [0.1, 0.15) is 34.6 Å². The quantitative estimate of drug-likeness (QED) is 0.570. The maximum Gasteiger partial charge on any atom is 0.416 e. The van der Waals surface area contributed by atoms with E-state index < -0.39 is 17.6 Å². The fourth-order valence-corrected chi connectivity index (χ4v) is 3.34. The molecule has 0 aliphatic rings. The van der Waals surface area contributed by atoms with Crippen molar-refractivity contribution in [1.82, 2.24) is 14.7 Å². The van der Waals surface area contributed by atoms with Crippen LogP contribution < -0.4 is 10.6 Å². The van der Waals surface area contributed by atoms with Crippen molar-refractivity contribution >= 4 is 29.0 Å². The van der Waals surface area contributed by atoms with Crippen LogP contribution in [-0.2, 0) is 17.5 Å². The van der Waals surface area contributed by atoms with Gasteiger partial charge in [-0.2, -0.15) is 17.5 Å².